The maximum Gasteiger partial charge on any atom is 0.342 e. The standard InChI is InChI=1S/C13H8N2O6S2/c16-13(17)11-7-10(5-6-12(11)15(20)21)23-22-9-3-1-8(2-4-9)14(18)19/h1-7H,(H,16,17). The van der Waals surface area contributed by atoms with Gasteiger partial charge in [0.2, 0.25) is 0 Å². The number of rotatable bonds is 6. The Kier molecular flexibility index (Phi) is 5.19. The Labute approximate surface area is 137 Å². The van der Waals surface area contributed by atoms with Crippen molar-refractivity contribution in [2.75, 3.05) is 0 Å². The third-order valence-corrected chi connectivity index (χ3v) is 5.08. The largest absolute Gasteiger partial charge is 0.477 e. The number of nitro benzene ring substituents is 2. The first kappa shape index (κ1) is 16.8. The molecule has 0 aliphatic carbocycles. The fourth-order valence-electron chi connectivity index (χ4n) is 1.62. The third kappa shape index (κ3) is 4.20. The molecule has 23 heavy (non-hydrogen) atoms. The fourth-order valence-corrected chi connectivity index (χ4v) is 3.57. The Morgan fingerprint density at radius 2 is 1.48 bits per heavy atom. The van der Waals surface area contributed by atoms with E-state index in [0.717, 1.165) is 11.0 Å². The molecular formula is C13H8N2O6S2. The number of benzene rings is 2. The third-order valence-electron chi connectivity index (χ3n) is 2.68. The molecule has 0 aliphatic heterocycles. The lowest BCUT2D eigenvalue weighted by Gasteiger charge is -2.03. The van der Waals surface area contributed by atoms with Crippen molar-refractivity contribution in [1.29, 1.82) is 0 Å². The number of carbonyl (C=O) groups is 1. The summed E-state index contributed by atoms with van der Waals surface area (Å²) in [4.78, 5) is 32.4. The highest BCUT2D eigenvalue weighted by molar-refractivity contribution is 8.76. The summed E-state index contributed by atoms with van der Waals surface area (Å²) in [6.45, 7) is 0. The SMILES string of the molecule is O=C(O)c1cc(SSc2ccc([N+](=O)[O-])cc2)ccc1[N+](=O)[O-]. The van der Waals surface area contributed by atoms with Crippen molar-refractivity contribution in [1.82, 2.24) is 0 Å². The zero-order valence-electron chi connectivity index (χ0n) is 11.2. The highest BCUT2D eigenvalue weighted by atomic mass is 33.1. The Balaban J connectivity index is 2.14. The number of carboxylic acids is 1. The molecule has 0 heterocycles. The van der Waals surface area contributed by atoms with Gasteiger partial charge in [0.1, 0.15) is 5.56 Å². The summed E-state index contributed by atoms with van der Waals surface area (Å²) in [6, 6.07) is 9.68. The predicted octanol–water partition coefficient (Wildman–Crippen LogP) is 4.00. The monoisotopic (exact) mass is 352 g/mol. The van der Waals surface area contributed by atoms with Crippen LogP contribution in [-0.4, -0.2) is 20.9 Å². The summed E-state index contributed by atoms with van der Waals surface area (Å²) in [7, 11) is 2.46. The Morgan fingerprint density at radius 1 is 0.913 bits per heavy atom. The quantitative estimate of drug-likeness (QED) is 0.470. The highest BCUT2D eigenvalue weighted by Gasteiger charge is 2.20. The van der Waals surface area contributed by atoms with Crippen molar-refractivity contribution in [3.8, 4) is 0 Å². The Bertz CT molecular complexity index is 779. The van der Waals surface area contributed by atoms with Crippen molar-refractivity contribution < 1.29 is 19.7 Å². The first-order valence-electron chi connectivity index (χ1n) is 5.99. The molecule has 2 aromatic carbocycles. The van der Waals surface area contributed by atoms with Gasteiger partial charge in [-0.1, -0.05) is 21.6 Å². The van der Waals surface area contributed by atoms with Gasteiger partial charge in [-0.3, -0.25) is 20.2 Å². The molecule has 0 aromatic heterocycles. The topological polar surface area (TPSA) is 124 Å². The summed E-state index contributed by atoms with van der Waals surface area (Å²) >= 11 is 0. The lowest BCUT2D eigenvalue weighted by Crippen LogP contribution is -2.02. The summed E-state index contributed by atoms with van der Waals surface area (Å²) in [5.41, 5.74) is -0.880. The van der Waals surface area contributed by atoms with E-state index in [1.807, 2.05) is 0 Å². The molecule has 118 valence electrons. The second kappa shape index (κ2) is 7.11. The van der Waals surface area contributed by atoms with Crippen LogP contribution in [-0.2, 0) is 0 Å². The Morgan fingerprint density at radius 3 is 2.00 bits per heavy atom. The van der Waals surface area contributed by atoms with Crippen LogP contribution in [0.3, 0.4) is 0 Å². The molecule has 0 saturated carbocycles. The van der Waals surface area contributed by atoms with E-state index in [1.165, 1.54) is 45.9 Å². The second-order valence-electron chi connectivity index (χ2n) is 4.16. The first-order chi connectivity index (χ1) is 10.9. The minimum Gasteiger partial charge on any atom is -0.477 e. The summed E-state index contributed by atoms with van der Waals surface area (Å²) < 4.78 is 0. The molecule has 0 atom stereocenters. The zero-order chi connectivity index (χ0) is 17.0. The number of nitrogens with zero attached hydrogens (tertiary/aromatic N) is 2. The Hall–Kier alpha value is -2.59. The maximum atomic E-state index is 11.1. The number of nitro groups is 2. The van der Waals surface area contributed by atoms with Gasteiger partial charge in [-0.25, -0.2) is 4.79 Å². The van der Waals surface area contributed by atoms with E-state index in [2.05, 4.69) is 0 Å². The molecule has 1 N–H and O–H groups in total. The number of hydrogen-bond donors (Lipinski definition) is 1. The molecule has 0 amide bonds. The van der Waals surface area contributed by atoms with E-state index in [0.29, 0.717) is 4.90 Å². The molecule has 0 radical (unpaired) electrons. The van der Waals surface area contributed by atoms with Gasteiger partial charge >= 0.3 is 5.97 Å². The van der Waals surface area contributed by atoms with Crippen molar-refractivity contribution in [2.45, 2.75) is 9.79 Å². The van der Waals surface area contributed by atoms with E-state index in [9.17, 15) is 25.0 Å². The van der Waals surface area contributed by atoms with Crippen LogP contribution in [0.5, 0.6) is 0 Å². The molecule has 0 fully saturated rings. The van der Waals surface area contributed by atoms with Crippen LogP contribution in [0.4, 0.5) is 11.4 Å². The van der Waals surface area contributed by atoms with Crippen molar-refractivity contribution in [3.63, 3.8) is 0 Å². The van der Waals surface area contributed by atoms with Gasteiger partial charge in [0.25, 0.3) is 11.4 Å². The minimum absolute atomic E-state index is 0.0251. The van der Waals surface area contributed by atoms with Crippen LogP contribution >= 0.6 is 21.6 Å². The molecule has 0 saturated heterocycles. The van der Waals surface area contributed by atoms with Gasteiger partial charge in [-0.15, -0.1) is 0 Å². The first-order valence-corrected chi connectivity index (χ1v) is 8.14. The molecule has 10 heteroatoms. The number of carboxylic acid groups (broad SMARTS) is 1. The number of aromatic carboxylic acids is 1. The average molecular weight is 352 g/mol. The van der Waals surface area contributed by atoms with Crippen molar-refractivity contribution in [3.05, 3.63) is 68.3 Å². The molecule has 2 rings (SSSR count). The van der Waals surface area contributed by atoms with Crippen LogP contribution in [0.15, 0.2) is 52.3 Å². The van der Waals surface area contributed by atoms with Gasteiger partial charge in [-0.2, -0.15) is 0 Å². The van der Waals surface area contributed by atoms with Crippen LogP contribution in [0.2, 0.25) is 0 Å². The summed E-state index contributed by atoms with van der Waals surface area (Å²) in [5.74, 6) is -1.38. The molecule has 2 aromatic rings. The van der Waals surface area contributed by atoms with Crippen LogP contribution < -0.4 is 0 Å². The van der Waals surface area contributed by atoms with Gasteiger partial charge in [0, 0.05) is 28.0 Å². The van der Waals surface area contributed by atoms with Gasteiger partial charge in [0.15, 0.2) is 0 Å². The second-order valence-corrected chi connectivity index (χ2v) is 6.44. The van der Waals surface area contributed by atoms with E-state index in [1.54, 1.807) is 12.1 Å². The fraction of sp³-hybridized carbons (Fsp3) is 0. The highest BCUT2D eigenvalue weighted by Crippen LogP contribution is 2.39. The van der Waals surface area contributed by atoms with Crippen molar-refractivity contribution >= 4 is 38.9 Å². The van der Waals surface area contributed by atoms with Crippen LogP contribution in [0.25, 0.3) is 0 Å². The lowest BCUT2D eigenvalue weighted by atomic mass is 10.2. The van der Waals surface area contributed by atoms with E-state index in [4.69, 9.17) is 5.11 Å². The van der Waals surface area contributed by atoms with Crippen LogP contribution in [0, 0.1) is 20.2 Å². The minimum atomic E-state index is -1.38. The van der Waals surface area contributed by atoms with Gasteiger partial charge in [0.05, 0.1) is 9.85 Å². The van der Waals surface area contributed by atoms with E-state index in [-0.39, 0.29) is 11.3 Å². The number of hydrogen-bond acceptors (Lipinski definition) is 7. The molecular weight excluding hydrogens is 344 g/mol. The molecule has 8 nitrogen and oxygen atoms in total. The van der Waals surface area contributed by atoms with E-state index >= 15 is 0 Å². The van der Waals surface area contributed by atoms with E-state index < -0.39 is 21.5 Å². The molecule has 0 aliphatic rings. The maximum absolute atomic E-state index is 11.1. The smallest absolute Gasteiger partial charge is 0.342 e. The van der Waals surface area contributed by atoms with Crippen LogP contribution in [0.1, 0.15) is 10.4 Å². The molecule has 0 spiro atoms. The lowest BCUT2D eigenvalue weighted by molar-refractivity contribution is -0.385. The van der Waals surface area contributed by atoms with Gasteiger partial charge < -0.3 is 5.11 Å². The van der Waals surface area contributed by atoms with Crippen molar-refractivity contribution in [2.24, 2.45) is 0 Å². The number of non-ortho nitro benzene ring substituents is 1. The summed E-state index contributed by atoms with van der Waals surface area (Å²) in [5, 5.41) is 30.4. The van der Waals surface area contributed by atoms with Gasteiger partial charge in [-0.05, 0) is 24.3 Å². The summed E-state index contributed by atoms with van der Waals surface area (Å²) in [6.07, 6.45) is 0. The zero-order valence-corrected chi connectivity index (χ0v) is 12.9. The molecule has 0 bridgehead atoms. The predicted molar refractivity (Wildman–Crippen MR) is 84.9 cm³/mol. The average Bonchev–Trinajstić information content (AvgIpc) is 2.52. The molecule has 0 unspecified atom stereocenters. The normalized spacial score (nSPS) is 10.3.